The molecule has 0 spiro atoms. The minimum Gasteiger partial charge on any atom is -0.316 e. The van der Waals surface area contributed by atoms with Gasteiger partial charge in [0.15, 0.2) is 0 Å². The van der Waals surface area contributed by atoms with E-state index in [1.54, 1.807) is 6.20 Å². The topological polar surface area (TPSA) is 24.9 Å². The average Bonchev–Trinajstić information content (AvgIpc) is 2.16. The molecule has 0 aliphatic rings. The first-order valence-electron chi connectivity index (χ1n) is 4.91. The smallest absolute Gasteiger partial charge is 0.0589 e. The molecule has 1 rings (SSSR count). The summed E-state index contributed by atoms with van der Waals surface area (Å²) >= 11 is 5.77. The molecule has 0 aliphatic carbocycles. The van der Waals surface area contributed by atoms with Gasteiger partial charge in [0, 0.05) is 24.4 Å². The van der Waals surface area contributed by atoms with Gasteiger partial charge in [0.1, 0.15) is 0 Å². The van der Waals surface area contributed by atoms with Crippen molar-refractivity contribution in [3.8, 4) is 0 Å². The SMILES string of the molecule is CNC(Cc1ccc(Cl)cn1)C(C)C. The van der Waals surface area contributed by atoms with E-state index in [9.17, 15) is 0 Å². The zero-order valence-corrected chi connectivity index (χ0v) is 9.67. The molecule has 0 fully saturated rings. The van der Waals surface area contributed by atoms with Gasteiger partial charge in [-0.25, -0.2) is 0 Å². The molecule has 1 unspecified atom stereocenters. The maximum Gasteiger partial charge on any atom is 0.0589 e. The van der Waals surface area contributed by atoms with Crippen molar-refractivity contribution < 1.29 is 0 Å². The average molecular weight is 213 g/mol. The number of pyridine rings is 1. The van der Waals surface area contributed by atoms with E-state index in [-0.39, 0.29) is 0 Å². The molecule has 1 aromatic rings. The number of halogens is 1. The fourth-order valence-electron chi connectivity index (χ4n) is 1.42. The highest BCUT2D eigenvalue weighted by Crippen LogP contribution is 2.11. The predicted molar refractivity (Wildman–Crippen MR) is 60.6 cm³/mol. The highest BCUT2D eigenvalue weighted by atomic mass is 35.5. The van der Waals surface area contributed by atoms with Crippen LogP contribution < -0.4 is 5.32 Å². The van der Waals surface area contributed by atoms with E-state index in [1.165, 1.54) is 0 Å². The zero-order chi connectivity index (χ0) is 10.6. The maximum absolute atomic E-state index is 5.77. The van der Waals surface area contributed by atoms with Crippen LogP contribution in [0.25, 0.3) is 0 Å². The van der Waals surface area contributed by atoms with Crippen LogP contribution in [0.4, 0.5) is 0 Å². The second-order valence-electron chi connectivity index (χ2n) is 3.81. The molecule has 0 radical (unpaired) electrons. The van der Waals surface area contributed by atoms with Gasteiger partial charge in [0.05, 0.1) is 5.02 Å². The van der Waals surface area contributed by atoms with Crippen molar-refractivity contribution in [1.29, 1.82) is 0 Å². The van der Waals surface area contributed by atoms with Crippen LogP contribution in [0.3, 0.4) is 0 Å². The summed E-state index contributed by atoms with van der Waals surface area (Å²) in [5.74, 6) is 0.609. The lowest BCUT2D eigenvalue weighted by Crippen LogP contribution is -2.32. The Morgan fingerprint density at radius 1 is 1.43 bits per heavy atom. The largest absolute Gasteiger partial charge is 0.316 e. The van der Waals surface area contributed by atoms with E-state index in [0.717, 1.165) is 12.1 Å². The summed E-state index contributed by atoms with van der Waals surface area (Å²) < 4.78 is 0. The van der Waals surface area contributed by atoms with Crippen molar-refractivity contribution in [2.24, 2.45) is 5.92 Å². The predicted octanol–water partition coefficient (Wildman–Crippen LogP) is 2.52. The highest BCUT2D eigenvalue weighted by Gasteiger charge is 2.11. The number of hydrogen-bond donors (Lipinski definition) is 1. The Hall–Kier alpha value is -0.600. The van der Waals surface area contributed by atoms with E-state index >= 15 is 0 Å². The first-order valence-corrected chi connectivity index (χ1v) is 5.29. The summed E-state index contributed by atoms with van der Waals surface area (Å²) in [4.78, 5) is 4.28. The Kier molecular flexibility index (Phi) is 4.36. The normalized spacial score (nSPS) is 13.2. The van der Waals surface area contributed by atoms with Gasteiger partial charge >= 0.3 is 0 Å². The van der Waals surface area contributed by atoms with Gasteiger partial charge in [-0.2, -0.15) is 0 Å². The number of rotatable bonds is 4. The molecular weight excluding hydrogens is 196 g/mol. The van der Waals surface area contributed by atoms with Crippen molar-refractivity contribution in [1.82, 2.24) is 10.3 Å². The van der Waals surface area contributed by atoms with Crippen LogP contribution in [-0.4, -0.2) is 18.1 Å². The minimum absolute atomic E-state index is 0.476. The summed E-state index contributed by atoms with van der Waals surface area (Å²) in [5.41, 5.74) is 1.09. The molecule has 14 heavy (non-hydrogen) atoms. The van der Waals surface area contributed by atoms with Gasteiger partial charge in [-0.05, 0) is 25.1 Å². The van der Waals surface area contributed by atoms with Gasteiger partial charge in [-0.15, -0.1) is 0 Å². The third-order valence-electron chi connectivity index (χ3n) is 2.39. The summed E-state index contributed by atoms with van der Waals surface area (Å²) in [7, 11) is 1.99. The van der Waals surface area contributed by atoms with Crippen molar-refractivity contribution in [2.75, 3.05) is 7.05 Å². The van der Waals surface area contributed by atoms with Crippen LogP contribution in [0.1, 0.15) is 19.5 Å². The monoisotopic (exact) mass is 212 g/mol. The molecule has 1 aromatic heterocycles. The molecule has 1 N–H and O–H groups in total. The molecule has 78 valence electrons. The standard InChI is InChI=1S/C11H17ClN2/c1-8(2)11(13-3)6-10-5-4-9(12)7-14-10/h4-5,7-8,11,13H,6H2,1-3H3. The molecule has 0 aromatic carbocycles. The first kappa shape index (κ1) is 11.5. The van der Waals surface area contributed by atoms with Gasteiger partial charge in [-0.1, -0.05) is 25.4 Å². The fourth-order valence-corrected chi connectivity index (χ4v) is 1.54. The Labute approximate surface area is 90.7 Å². The Morgan fingerprint density at radius 2 is 2.14 bits per heavy atom. The first-order chi connectivity index (χ1) is 6.63. The summed E-state index contributed by atoms with van der Waals surface area (Å²) in [5, 5.41) is 3.99. The van der Waals surface area contributed by atoms with Crippen LogP contribution in [0.15, 0.2) is 18.3 Å². The van der Waals surface area contributed by atoms with Crippen molar-refractivity contribution in [2.45, 2.75) is 26.3 Å². The molecule has 0 saturated carbocycles. The molecular formula is C11H17ClN2. The van der Waals surface area contributed by atoms with Gasteiger partial charge in [0.25, 0.3) is 0 Å². The Bertz CT molecular complexity index is 269. The van der Waals surface area contributed by atoms with Crippen LogP contribution in [-0.2, 0) is 6.42 Å². The Balaban J connectivity index is 2.63. The lowest BCUT2D eigenvalue weighted by molar-refractivity contribution is 0.421. The van der Waals surface area contributed by atoms with E-state index in [1.807, 2.05) is 19.2 Å². The van der Waals surface area contributed by atoms with E-state index in [4.69, 9.17) is 11.6 Å². The Morgan fingerprint density at radius 3 is 2.57 bits per heavy atom. The number of likely N-dealkylation sites (N-methyl/N-ethyl adjacent to an activating group) is 1. The number of nitrogens with zero attached hydrogens (tertiary/aromatic N) is 1. The van der Waals surface area contributed by atoms with Crippen molar-refractivity contribution in [3.05, 3.63) is 29.0 Å². The van der Waals surface area contributed by atoms with Crippen LogP contribution in [0.2, 0.25) is 5.02 Å². The number of nitrogens with one attached hydrogen (secondary N) is 1. The molecule has 0 amide bonds. The summed E-state index contributed by atoms with van der Waals surface area (Å²) in [6.07, 6.45) is 2.65. The van der Waals surface area contributed by atoms with E-state index < -0.39 is 0 Å². The molecule has 3 heteroatoms. The van der Waals surface area contributed by atoms with Crippen LogP contribution in [0, 0.1) is 5.92 Å². The van der Waals surface area contributed by atoms with E-state index in [0.29, 0.717) is 17.0 Å². The van der Waals surface area contributed by atoms with Crippen LogP contribution in [0.5, 0.6) is 0 Å². The number of hydrogen-bond acceptors (Lipinski definition) is 2. The third kappa shape index (κ3) is 3.28. The third-order valence-corrected chi connectivity index (χ3v) is 2.62. The van der Waals surface area contributed by atoms with Crippen molar-refractivity contribution >= 4 is 11.6 Å². The molecule has 2 nitrogen and oxygen atoms in total. The molecule has 0 saturated heterocycles. The summed E-state index contributed by atoms with van der Waals surface area (Å²) in [6, 6.07) is 4.34. The van der Waals surface area contributed by atoms with Gasteiger partial charge in [-0.3, -0.25) is 4.98 Å². The summed E-state index contributed by atoms with van der Waals surface area (Å²) in [6.45, 7) is 4.41. The number of aromatic nitrogens is 1. The quantitative estimate of drug-likeness (QED) is 0.830. The highest BCUT2D eigenvalue weighted by molar-refractivity contribution is 6.30. The zero-order valence-electron chi connectivity index (χ0n) is 8.92. The second-order valence-corrected chi connectivity index (χ2v) is 4.25. The minimum atomic E-state index is 0.476. The second kappa shape index (κ2) is 5.32. The van der Waals surface area contributed by atoms with E-state index in [2.05, 4.69) is 24.1 Å². The molecule has 1 heterocycles. The fraction of sp³-hybridized carbons (Fsp3) is 0.545. The molecule has 0 bridgehead atoms. The molecule has 0 aliphatic heterocycles. The van der Waals surface area contributed by atoms with Crippen molar-refractivity contribution in [3.63, 3.8) is 0 Å². The molecule has 1 atom stereocenters. The maximum atomic E-state index is 5.77. The van der Waals surface area contributed by atoms with Crippen LogP contribution >= 0.6 is 11.6 Å². The lowest BCUT2D eigenvalue weighted by Gasteiger charge is -2.19. The lowest BCUT2D eigenvalue weighted by atomic mass is 9.99. The van der Waals surface area contributed by atoms with Gasteiger partial charge in [0.2, 0.25) is 0 Å². The van der Waals surface area contributed by atoms with Gasteiger partial charge < -0.3 is 5.32 Å².